The summed E-state index contributed by atoms with van der Waals surface area (Å²) in [5.41, 5.74) is 8.36. The second-order valence-electron chi connectivity index (χ2n) is 3.93. The zero-order chi connectivity index (χ0) is 12.6. The number of halogens is 2. The van der Waals surface area contributed by atoms with E-state index >= 15 is 0 Å². The Kier molecular flexibility index (Phi) is 3.26. The van der Waals surface area contributed by atoms with Gasteiger partial charge in [-0.15, -0.1) is 5.10 Å². The second kappa shape index (κ2) is 4.54. The molecule has 6 heteroatoms. The molecule has 1 heterocycles. The van der Waals surface area contributed by atoms with E-state index in [0.717, 1.165) is 11.3 Å². The van der Waals surface area contributed by atoms with E-state index in [4.69, 9.17) is 5.73 Å². The molecule has 0 aliphatic carbocycles. The van der Waals surface area contributed by atoms with Gasteiger partial charge in [0.25, 0.3) is 0 Å². The van der Waals surface area contributed by atoms with Crippen molar-refractivity contribution in [2.75, 3.05) is 0 Å². The van der Waals surface area contributed by atoms with E-state index in [9.17, 15) is 4.39 Å². The van der Waals surface area contributed by atoms with Crippen LogP contribution in [0.2, 0.25) is 0 Å². The summed E-state index contributed by atoms with van der Waals surface area (Å²) in [6.45, 7) is 1.83. The quantitative estimate of drug-likeness (QED) is 0.923. The van der Waals surface area contributed by atoms with Crippen LogP contribution >= 0.6 is 15.9 Å². The molecule has 1 unspecified atom stereocenters. The van der Waals surface area contributed by atoms with Crippen LogP contribution in [0.3, 0.4) is 0 Å². The maximum atomic E-state index is 13.3. The Morgan fingerprint density at radius 3 is 2.65 bits per heavy atom. The fraction of sp³-hybridized carbons (Fsp3) is 0.273. The van der Waals surface area contributed by atoms with Crippen LogP contribution in [0.5, 0.6) is 0 Å². The van der Waals surface area contributed by atoms with E-state index < -0.39 is 6.04 Å². The third-order valence-electron chi connectivity index (χ3n) is 2.54. The van der Waals surface area contributed by atoms with Crippen LogP contribution < -0.4 is 5.73 Å². The summed E-state index contributed by atoms with van der Waals surface area (Å²) in [4.78, 5) is 0. The number of hydrogen-bond acceptors (Lipinski definition) is 3. The molecule has 0 aliphatic rings. The van der Waals surface area contributed by atoms with Crippen molar-refractivity contribution in [2.24, 2.45) is 12.8 Å². The molecule has 0 bridgehead atoms. The minimum Gasteiger partial charge on any atom is -0.319 e. The number of rotatable bonds is 2. The zero-order valence-electron chi connectivity index (χ0n) is 9.48. The molecular formula is C11H12BrFN4. The number of aryl methyl sites for hydroxylation is 2. The van der Waals surface area contributed by atoms with E-state index in [-0.39, 0.29) is 5.82 Å². The van der Waals surface area contributed by atoms with Crippen LogP contribution in [0.1, 0.15) is 22.9 Å². The van der Waals surface area contributed by atoms with Crippen LogP contribution in [0.4, 0.5) is 4.39 Å². The standard InChI is InChI=1S/C11H12BrFN4/c1-6-3-7(5-8(13)4-6)9(14)10-11(12)15-16-17(10)2/h3-5,9H,14H2,1-2H3. The predicted octanol–water partition coefficient (Wildman–Crippen LogP) is 2.07. The van der Waals surface area contributed by atoms with Gasteiger partial charge in [-0.25, -0.2) is 9.07 Å². The summed E-state index contributed by atoms with van der Waals surface area (Å²) in [6.07, 6.45) is 0. The smallest absolute Gasteiger partial charge is 0.153 e. The van der Waals surface area contributed by atoms with Crippen LogP contribution in [0.15, 0.2) is 22.8 Å². The van der Waals surface area contributed by atoms with E-state index in [0.29, 0.717) is 10.2 Å². The van der Waals surface area contributed by atoms with Gasteiger partial charge >= 0.3 is 0 Å². The molecule has 0 radical (unpaired) electrons. The van der Waals surface area contributed by atoms with E-state index in [1.165, 1.54) is 12.1 Å². The summed E-state index contributed by atoms with van der Waals surface area (Å²) in [5.74, 6) is -0.290. The van der Waals surface area contributed by atoms with Crippen LogP contribution in [-0.4, -0.2) is 15.0 Å². The highest BCUT2D eigenvalue weighted by molar-refractivity contribution is 9.10. The van der Waals surface area contributed by atoms with Crippen LogP contribution in [0, 0.1) is 12.7 Å². The first-order valence-electron chi connectivity index (χ1n) is 5.07. The van der Waals surface area contributed by atoms with E-state index in [1.54, 1.807) is 11.7 Å². The third-order valence-corrected chi connectivity index (χ3v) is 3.11. The highest BCUT2D eigenvalue weighted by Crippen LogP contribution is 2.25. The lowest BCUT2D eigenvalue weighted by Gasteiger charge is -2.13. The summed E-state index contributed by atoms with van der Waals surface area (Å²) in [5, 5.41) is 7.72. The molecule has 0 aliphatic heterocycles. The van der Waals surface area contributed by atoms with Crippen molar-refractivity contribution >= 4 is 15.9 Å². The van der Waals surface area contributed by atoms with Crippen molar-refractivity contribution in [1.29, 1.82) is 0 Å². The fourth-order valence-electron chi connectivity index (χ4n) is 1.77. The number of nitrogens with two attached hydrogens (primary N) is 1. The van der Waals surface area contributed by atoms with Gasteiger partial charge in [-0.05, 0) is 46.1 Å². The Hall–Kier alpha value is -1.27. The minimum absolute atomic E-state index is 0.290. The topological polar surface area (TPSA) is 56.7 Å². The Balaban J connectivity index is 2.47. The minimum atomic E-state index is -0.459. The lowest BCUT2D eigenvalue weighted by Crippen LogP contribution is -2.16. The molecular weight excluding hydrogens is 287 g/mol. The Labute approximate surface area is 107 Å². The lowest BCUT2D eigenvalue weighted by atomic mass is 10.0. The Bertz CT molecular complexity index is 513. The predicted molar refractivity (Wildman–Crippen MR) is 65.9 cm³/mol. The van der Waals surface area contributed by atoms with Crippen molar-refractivity contribution in [2.45, 2.75) is 13.0 Å². The van der Waals surface area contributed by atoms with Gasteiger partial charge < -0.3 is 5.73 Å². The molecule has 17 heavy (non-hydrogen) atoms. The zero-order valence-corrected chi connectivity index (χ0v) is 11.1. The molecule has 1 aromatic heterocycles. The van der Waals surface area contributed by atoms with Crippen molar-refractivity contribution < 1.29 is 4.39 Å². The highest BCUT2D eigenvalue weighted by Gasteiger charge is 2.18. The molecule has 2 aromatic rings. The highest BCUT2D eigenvalue weighted by atomic mass is 79.9. The monoisotopic (exact) mass is 298 g/mol. The first-order chi connectivity index (χ1) is 7.99. The van der Waals surface area contributed by atoms with Gasteiger partial charge in [-0.2, -0.15) is 0 Å². The largest absolute Gasteiger partial charge is 0.319 e. The molecule has 90 valence electrons. The summed E-state index contributed by atoms with van der Waals surface area (Å²) >= 11 is 3.28. The number of nitrogens with zero attached hydrogens (tertiary/aromatic N) is 3. The average Bonchev–Trinajstić information content (AvgIpc) is 2.56. The third kappa shape index (κ3) is 2.37. The maximum absolute atomic E-state index is 13.3. The summed E-state index contributed by atoms with van der Waals surface area (Å²) in [6, 6.07) is 4.29. The number of hydrogen-bond donors (Lipinski definition) is 1. The van der Waals surface area contributed by atoms with Crippen molar-refractivity contribution in [3.8, 4) is 0 Å². The van der Waals surface area contributed by atoms with Gasteiger partial charge in [0.15, 0.2) is 4.60 Å². The molecule has 2 rings (SSSR count). The maximum Gasteiger partial charge on any atom is 0.153 e. The van der Waals surface area contributed by atoms with Gasteiger partial charge in [0.05, 0.1) is 11.7 Å². The van der Waals surface area contributed by atoms with Gasteiger partial charge in [0, 0.05) is 7.05 Å². The molecule has 0 amide bonds. The van der Waals surface area contributed by atoms with Gasteiger partial charge in [-0.3, -0.25) is 0 Å². The molecule has 2 N–H and O–H groups in total. The first-order valence-corrected chi connectivity index (χ1v) is 5.86. The fourth-order valence-corrected chi connectivity index (χ4v) is 2.35. The number of benzene rings is 1. The van der Waals surface area contributed by atoms with Gasteiger partial charge in [0.1, 0.15) is 5.82 Å². The lowest BCUT2D eigenvalue weighted by molar-refractivity contribution is 0.616. The molecule has 0 saturated heterocycles. The van der Waals surface area contributed by atoms with Gasteiger partial charge in [0.2, 0.25) is 0 Å². The summed E-state index contributed by atoms with van der Waals surface area (Å²) < 4.78 is 15.5. The second-order valence-corrected chi connectivity index (χ2v) is 4.68. The average molecular weight is 299 g/mol. The van der Waals surface area contributed by atoms with Crippen molar-refractivity contribution in [3.05, 3.63) is 45.4 Å². The van der Waals surface area contributed by atoms with E-state index in [1.807, 2.05) is 13.0 Å². The van der Waals surface area contributed by atoms with Crippen LogP contribution in [0.25, 0.3) is 0 Å². The number of aromatic nitrogens is 3. The molecule has 0 spiro atoms. The van der Waals surface area contributed by atoms with Crippen molar-refractivity contribution in [3.63, 3.8) is 0 Å². The first kappa shape index (κ1) is 12.2. The normalized spacial score (nSPS) is 12.8. The Morgan fingerprint density at radius 1 is 1.41 bits per heavy atom. The molecule has 1 atom stereocenters. The molecule has 0 fully saturated rings. The molecule has 1 aromatic carbocycles. The molecule has 0 saturated carbocycles. The van der Waals surface area contributed by atoms with Crippen LogP contribution in [-0.2, 0) is 7.05 Å². The van der Waals surface area contributed by atoms with Gasteiger partial charge in [-0.1, -0.05) is 11.3 Å². The Morgan fingerprint density at radius 2 is 2.12 bits per heavy atom. The van der Waals surface area contributed by atoms with E-state index in [2.05, 4.69) is 26.2 Å². The SMILES string of the molecule is Cc1cc(F)cc(C(N)c2c(Br)nnn2C)c1. The molecule has 4 nitrogen and oxygen atoms in total. The van der Waals surface area contributed by atoms with Crippen molar-refractivity contribution in [1.82, 2.24) is 15.0 Å². The summed E-state index contributed by atoms with van der Waals surface area (Å²) in [7, 11) is 1.75.